The van der Waals surface area contributed by atoms with E-state index in [0.717, 1.165) is 31.4 Å². The van der Waals surface area contributed by atoms with Gasteiger partial charge < -0.3 is 9.47 Å². The molecule has 1 aromatic carbocycles. The Kier molecular flexibility index (Phi) is 6.09. The second-order valence-corrected chi connectivity index (χ2v) is 6.94. The van der Waals surface area contributed by atoms with Gasteiger partial charge in [-0.3, -0.25) is 4.79 Å². The van der Waals surface area contributed by atoms with Gasteiger partial charge in [0.05, 0.1) is 0 Å². The third-order valence-corrected chi connectivity index (χ3v) is 4.80. The summed E-state index contributed by atoms with van der Waals surface area (Å²) >= 11 is 5.76. The van der Waals surface area contributed by atoms with Crippen LogP contribution in [0.15, 0.2) is 36.4 Å². The molecule has 1 heterocycles. The standard InChI is InChI=1S/C20H21ClFNO3/c1-13(24)26-17-9-6-14(7-10-17)19-3-2-4-20(23-19)25-12-15-5-8-16(21)11-18(15)22/h2-5,8,11,14,17H,6-7,9-10,12H2,1H3. The molecule has 0 aliphatic heterocycles. The average molecular weight is 378 g/mol. The molecule has 1 aliphatic rings. The molecule has 6 heteroatoms. The summed E-state index contributed by atoms with van der Waals surface area (Å²) < 4.78 is 24.8. The molecule has 1 aliphatic carbocycles. The lowest BCUT2D eigenvalue weighted by atomic mass is 9.85. The molecule has 1 saturated carbocycles. The summed E-state index contributed by atoms with van der Waals surface area (Å²) in [6, 6.07) is 10.2. The van der Waals surface area contributed by atoms with Crippen LogP contribution in [0.25, 0.3) is 0 Å². The van der Waals surface area contributed by atoms with Crippen LogP contribution in [-0.2, 0) is 16.1 Å². The third kappa shape index (κ3) is 4.94. The van der Waals surface area contributed by atoms with Crippen molar-refractivity contribution in [3.05, 3.63) is 58.5 Å². The van der Waals surface area contributed by atoms with Crippen molar-refractivity contribution in [2.24, 2.45) is 0 Å². The summed E-state index contributed by atoms with van der Waals surface area (Å²) in [6.45, 7) is 1.54. The van der Waals surface area contributed by atoms with E-state index in [1.165, 1.54) is 13.0 Å². The molecule has 0 saturated heterocycles. The molecule has 0 radical (unpaired) electrons. The molecule has 4 nitrogen and oxygen atoms in total. The number of benzene rings is 1. The minimum Gasteiger partial charge on any atom is -0.473 e. The first-order valence-electron chi connectivity index (χ1n) is 8.72. The van der Waals surface area contributed by atoms with Crippen molar-refractivity contribution in [2.45, 2.75) is 51.2 Å². The minimum absolute atomic E-state index is 0.0102. The van der Waals surface area contributed by atoms with Gasteiger partial charge in [0.15, 0.2) is 0 Å². The number of halogens is 2. The molecule has 0 amide bonds. The van der Waals surface area contributed by atoms with Crippen LogP contribution in [0.2, 0.25) is 5.02 Å². The Balaban J connectivity index is 1.59. The number of rotatable bonds is 5. The van der Waals surface area contributed by atoms with Gasteiger partial charge in [0.1, 0.15) is 18.5 Å². The Labute approximate surface area is 157 Å². The molecule has 138 valence electrons. The maximum absolute atomic E-state index is 13.8. The molecule has 2 aromatic rings. The van der Waals surface area contributed by atoms with Crippen LogP contribution >= 0.6 is 11.6 Å². The minimum atomic E-state index is -0.391. The van der Waals surface area contributed by atoms with Gasteiger partial charge >= 0.3 is 5.97 Å². The maximum Gasteiger partial charge on any atom is 0.302 e. The maximum atomic E-state index is 13.8. The summed E-state index contributed by atoms with van der Waals surface area (Å²) in [5.74, 6) is 0.172. The molecule has 1 fully saturated rings. The molecule has 0 atom stereocenters. The van der Waals surface area contributed by atoms with E-state index < -0.39 is 5.82 Å². The first kappa shape index (κ1) is 18.6. The molecule has 0 bridgehead atoms. The molecule has 0 spiro atoms. The summed E-state index contributed by atoms with van der Waals surface area (Å²) in [5.41, 5.74) is 1.39. The van der Waals surface area contributed by atoms with Crippen molar-refractivity contribution in [1.82, 2.24) is 4.98 Å². The highest BCUT2D eigenvalue weighted by Gasteiger charge is 2.25. The van der Waals surface area contributed by atoms with Crippen LogP contribution in [0.3, 0.4) is 0 Å². The van der Waals surface area contributed by atoms with Crippen molar-refractivity contribution >= 4 is 17.6 Å². The van der Waals surface area contributed by atoms with Gasteiger partial charge in [-0.1, -0.05) is 23.7 Å². The lowest BCUT2D eigenvalue weighted by molar-refractivity contribution is -0.147. The van der Waals surface area contributed by atoms with Crippen molar-refractivity contribution in [1.29, 1.82) is 0 Å². The Hall–Kier alpha value is -2.14. The SMILES string of the molecule is CC(=O)OC1CCC(c2cccc(OCc3ccc(Cl)cc3F)n2)CC1. The van der Waals surface area contributed by atoms with E-state index >= 15 is 0 Å². The Morgan fingerprint density at radius 3 is 2.69 bits per heavy atom. The highest BCUT2D eigenvalue weighted by molar-refractivity contribution is 6.30. The quantitative estimate of drug-likeness (QED) is 0.685. The van der Waals surface area contributed by atoms with Crippen LogP contribution < -0.4 is 4.74 Å². The van der Waals surface area contributed by atoms with Crippen LogP contribution in [0.1, 0.15) is 49.8 Å². The van der Waals surface area contributed by atoms with Gasteiger partial charge in [-0.2, -0.15) is 0 Å². The Morgan fingerprint density at radius 2 is 2.00 bits per heavy atom. The fourth-order valence-corrected chi connectivity index (χ4v) is 3.40. The smallest absolute Gasteiger partial charge is 0.302 e. The zero-order valence-corrected chi connectivity index (χ0v) is 15.3. The van der Waals surface area contributed by atoms with E-state index in [0.29, 0.717) is 22.4 Å². The molecule has 26 heavy (non-hydrogen) atoms. The van der Waals surface area contributed by atoms with Gasteiger partial charge in [-0.05, 0) is 43.9 Å². The monoisotopic (exact) mass is 377 g/mol. The van der Waals surface area contributed by atoms with Crippen LogP contribution in [0.4, 0.5) is 4.39 Å². The van der Waals surface area contributed by atoms with E-state index in [2.05, 4.69) is 4.98 Å². The van der Waals surface area contributed by atoms with Crippen LogP contribution in [-0.4, -0.2) is 17.1 Å². The summed E-state index contributed by atoms with van der Waals surface area (Å²) in [4.78, 5) is 15.6. The van der Waals surface area contributed by atoms with E-state index in [4.69, 9.17) is 21.1 Å². The summed E-state index contributed by atoms with van der Waals surface area (Å²) in [7, 11) is 0. The van der Waals surface area contributed by atoms with E-state index in [1.807, 2.05) is 12.1 Å². The largest absolute Gasteiger partial charge is 0.473 e. The molecular formula is C20H21ClFNO3. The normalized spacial score (nSPS) is 19.8. The highest BCUT2D eigenvalue weighted by atomic mass is 35.5. The number of ether oxygens (including phenoxy) is 2. The van der Waals surface area contributed by atoms with Crippen LogP contribution in [0, 0.1) is 5.82 Å². The lowest BCUT2D eigenvalue weighted by Gasteiger charge is -2.27. The van der Waals surface area contributed by atoms with E-state index in [1.54, 1.807) is 18.2 Å². The predicted octanol–water partition coefficient (Wildman–Crippen LogP) is 5.04. The second kappa shape index (κ2) is 8.49. The summed E-state index contributed by atoms with van der Waals surface area (Å²) in [6.07, 6.45) is 3.52. The molecular weight excluding hydrogens is 357 g/mol. The topological polar surface area (TPSA) is 48.4 Å². The summed E-state index contributed by atoms with van der Waals surface area (Å²) in [5, 5.41) is 0.357. The predicted molar refractivity (Wildman–Crippen MR) is 96.7 cm³/mol. The number of hydrogen-bond acceptors (Lipinski definition) is 4. The van der Waals surface area contributed by atoms with E-state index in [-0.39, 0.29) is 18.7 Å². The van der Waals surface area contributed by atoms with Gasteiger partial charge in [-0.15, -0.1) is 0 Å². The second-order valence-electron chi connectivity index (χ2n) is 6.51. The van der Waals surface area contributed by atoms with Gasteiger partial charge in [-0.25, -0.2) is 9.37 Å². The van der Waals surface area contributed by atoms with Crippen molar-refractivity contribution in [2.75, 3.05) is 0 Å². The Bertz CT molecular complexity index is 775. The van der Waals surface area contributed by atoms with Crippen molar-refractivity contribution in [3.8, 4) is 5.88 Å². The molecule has 0 unspecified atom stereocenters. The highest BCUT2D eigenvalue weighted by Crippen LogP contribution is 2.33. The Morgan fingerprint density at radius 1 is 1.23 bits per heavy atom. The van der Waals surface area contributed by atoms with Gasteiger partial charge in [0.2, 0.25) is 5.88 Å². The number of pyridine rings is 1. The lowest BCUT2D eigenvalue weighted by Crippen LogP contribution is -2.23. The number of nitrogens with zero attached hydrogens (tertiary/aromatic N) is 1. The number of carbonyl (C=O) groups excluding carboxylic acids is 1. The first-order chi connectivity index (χ1) is 12.5. The van der Waals surface area contributed by atoms with Crippen molar-refractivity contribution in [3.63, 3.8) is 0 Å². The zero-order valence-electron chi connectivity index (χ0n) is 14.6. The van der Waals surface area contributed by atoms with Crippen LogP contribution in [0.5, 0.6) is 5.88 Å². The van der Waals surface area contributed by atoms with E-state index in [9.17, 15) is 9.18 Å². The van der Waals surface area contributed by atoms with Gasteiger partial charge in [0, 0.05) is 35.2 Å². The molecule has 0 N–H and O–H groups in total. The number of aromatic nitrogens is 1. The number of esters is 1. The third-order valence-electron chi connectivity index (χ3n) is 4.56. The molecule has 1 aromatic heterocycles. The fourth-order valence-electron chi connectivity index (χ4n) is 3.24. The first-order valence-corrected chi connectivity index (χ1v) is 9.10. The van der Waals surface area contributed by atoms with Crippen molar-refractivity contribution < 1.29 is 18.7 Å². The molecule has 3 rings (SSSR count). The average Bonchev–Trinajstić information content (AvgIpc) is 2.61. The fraction of sp³-hybridized carbons (Fsp3) is 0.400. The number of carbonyl (C=O) groups is 1. The van der Waals surface area contributed by atoms with Gasteiger partial charge in [0.25, 0.3) is 0 Å². The zero-order chi connectivity index (χ0) is 18.5. The number of hydrogen-bond donors (Lipinski definition) is 0.